The van der Waals surface area contributed by atoms with Gasteiger partial charge in [0.1, 0.15) is 17.0 Å². The van der Waals surface area contributed by atoms with Crippen molar-refractivity contribution in [1.82, 2.24) is 4.98 Å². The summed E-state index contributed by atoms with van der Waals surface area (Å²) in [5.74, 6) is 1.31. The summed E-state index contributed by atoms with van der Waals surface area (Å²) in [6, 6.07) is 21.3. The number of amides is 1. The number of aromatic nitrogens is 1. The molecule has 4 aromatic rings. The zero-order valence-electron chi connectivity index (χ0n) is 19.9. The molecule has 34 heavy (non-hydrogen) atoms. The van der Waals surface area contributed by atoms with Crippen molar-refractivity contribution in [2.45, 2.75) is 39.7 Å². The minimum Gasteiger partial charge on any atom is -0.494 e. The highest BCUT2D eigenvalue weighted by Crippen LogP contribution is 2.37. The van der Waals surface area contributed by atoms with Crippen LogP contribution in [-0.4, -0.2) is 24.6 Å². The maximum absolute atomic E-state index is 13.8. The Hall–Kier alpha value is -3.38. The summed E-state index contributed by atoms with van der Waals surface area (Å²) in [6.45, 7) is 5.28. The van der Waals surface area contributed by atoms with Gasteiger partial charge in [0.15, 0.2) is 5.13 Å². The van der Waals surface area contributed by atoms with E-state index in [0.717, 1.165) is 40.6 Å². The van der Waals surface area contributed by atoms with E-state index >= 15 is 0 Å². The SMILES string of the molecule is CCCCCOc1cccc(C(=O)N(Cc2ccccc2)c2nc3c(OC)ccc(C)c3s2)c1. The number of ether oxygens (including phenoxy) is 2. The lowest BCUT2D eigenvalue weighted by molar-refractivity contribution is 0.0984. The van der Waals surface area contributed by atoms with Crippen LogP contribution >= 0.6 is 11.3 Å². The number of carbonyl (C=O) groups excluding carboxylic acids is 1. The number of nitrogens with zero attached hydrogens (tertiary/aromatic N) is 2. The van der Waals surface area contributed by atoms with Crippen LogP contribution in [0.3, 0.4) is 0 Å². The number of benzene rings is 3. The number of hydrogen-bond donors (Lipinski definition) is 0. The predicted molar refractivity (Wildman–Crippen MR) is 139 cm³/mol. The van der Waals surface area contributed by atoms with Gasteiger partial charge in [0.2, 0.25) is 0 Å². The number of aryl methyl sites for hydroxylation is 1. The smallest absolute Gasteiger partial charge is 0.260 e. The number of fused-ring (bicyclic) bond motifs is 1. The van der Waals surface area contributed by atoms with E-state index in [1.54, 1.807) is 12.0 Å². The number of thiazole rings is 1. The van der Waals surface area contributed by atoms with E-state index in [0.29, 0.717) is 35.3 Å². The van der Waals surface area contributed by atoms with Gasteiger partial charge in [-0.05, 0) is 48.7 Å². The van der Waals surface area contributed by atoms with E-state index in [1.165, 1.54) is 11.3 Å². The van der Waals surface area contributed by atoms with Gasteiger partial charge in [-0.3, -0.25) is 9.69 Å². The fourth-order valence-corrected chi connectivity index (χ4v) is 4.84. The Kier molecular flexibility index (Phi) is 7.80. The predicted octanol–water partition coefficient (Wildman–Crippen LogP) is 7.03. The molecule has 0 fully saturated rings. The molecule has 0 N–H and O–H groups in total. The molecule has 1 amide bonds. The molecule has 6 heteroatoms. The van der Waals surface area contributed by atoms with Gasteiger partial charge in [0.05, 0.1) is 25.0 Å². The van der Waals surface area contributed by atoms with Gasteiger partial charge in [0, 0.05) is 5.56 Å². The van der Waals surface area contributed by atoms with Gasteiger partial charge in [0.25, 0.3) is 5.91 Å². The molecular formula is C28H30N2O3S. The Labute approximate surface area is 205 Å². The van der Waals surface area contributed by atoms with Crippen molar-refractivity contribution in [3.63, 3.8) is 0 Å². The first-order valence-corrected chi connectivity index (χ1v) is 12.4. The summed E-state index contributed by atoms with van der Waals surface area (Å²) in [5, 5.41) is 0.644. The summed E-state index contributed by atoms with van der Waals surface area (Å²) in [4.78, 5) is 20.4. The van der Waals surface area contributed by atoms with Crippen molar-refractivity contribution < 1.29 is 14.3 Å². The highest BCUT2D eigenvalue weighted by Gasteiger charge is 2.23. The highest BCUT2D eigenvalue weighted by atomic mass is 32.1. The number of anilines is 1. The Morgan fingerprint density at radius 3 is 2.62 bits per heavy atom. The van der Waals surface area contributed by atoms with Crippen LogP contribution in [0.2, 0.25) is 0 Å². The van der Waals surface area contributed by atoms with Gasteiger partial charge >= 0.3 is 0 Å². The standard InChI is InChI=1S/C28H30N2O3S/c1-4-5-9-17-33-23-14-10-13-22(18-23)27(31)30(19-21-11-7-6-8-12-21)28-29-25-24(32-3)16-15-20(2)26(25)34-28/h6-8,10-16,18H,4-5,9,17,19H2,1-3H3. The van der Waals surface area contributed by atoms with Crippen molar-refractivity contribution in [2.24, 2.45) is 0 Å². The monoisotopic (exact) mass is 474 g/mol. The third-order valence-corrected chi connectivity index (χ3v) is 6.88. The van der Waals surface area contributed by atoms with Gasteiger partial charge < -0.3 is 9.47 Å². The van der Waals surface area contributed by atoms with Crippen LogP contribution in [0.25, 0.3) is 10.2 Å². The van der Waals surface area contributed by atoms with Crippen LogP contribution in [0.5, 0.6) is 11.5 Å². The summed E-state index contributed by atoms with van der Waals surface area (Å²) in [6.07, 6.45) is 3.27. The Balaban J connectivity index is 1.69. The van der Waals surface area contributed by atoms with Crippen LogP contribution in [-0.2, 0) is 6.54 Å². The lowest BCUT2D eigenvalue weighted by Gasteiger charge is -2.20. The Bertz CT molecular complexity index is 1250. The van der Waals surface area contributed by atoms with Gasteiger partial charge in [-0.15, -0.1) is 0 Å². The van der Waals surface area contributed by atoms with E-state index in [9.17, 15) is 4.79 Å². The van der Waals surface area contributed by atoms with Gasteiger partial charge in [-0.2, -0.15) is 0 Å². The average molecular weight is 475 g/mol. The second kappa shape index (κ2) is 11.2. The molecule has 0 radical (unpaired) electrons. The molecule has 1 aromatic heterocycles. The number of carbonyl (C=O) groups is 1. The maximum atomic E-state index is 13.8. The Morgan fingerprint density at radius 2 is 1.85 bits per heavy atom. The van der Waals surface area contributed by atoms with Crippen molar-refractivity contribution >= 4 is 32.6 Å². The van der Waals surface area contributed by atoms with Crippen LogP contribution in [0.4, 0.5) is 5.13 Å². The third kappa shape index (κ3) is 5.39. The fourth-order valence-electron chi connectivity index (χ4n) is 3.79. The molecule has 0 aliphatic carbocycles. The molecule has 0 aliphatic rings. The highest BCUT2D eigenvalue weighted by molar-refractivity contribution is 7.22. The summed E-state index contributed by atoms with van der Waals surface area (Å²) in [5.41, 5.74) is 3.49. The summed E-state index contributed by atoms with van der Waals surface area (Å²) < 4.78 is 12.5. The first kappa shape index (κ1) is 23.8. The van der Waals surface area contributed by atoms with Crippen molar-refractivity contribution in [3.05, 3.63) is 83.4 Å². The quantitative estimate of drug-likeness (QED) is 0.232. The molecule has 176 valence electrons. The molecule has 0 unspecified atom stereocenters. The van der Waals surface area contributed by atoms with E-state index in [4.69, 9.17) is 14.5 Å². The van der Waals surface area contributed by atoms with Crippen molar-refractivity contribution in [1.29, 1.82) is 0 Å². The van der Waals surface area contributed by atoms with Crippen LogP contribution in [0, 0.1) is 6.92 Å². The lowest BCUT2D eigenvalue weighted by atomic mass is 10.1. The van der Waals surface area contributed by atoms with Crippen LogP contribution in [0.1, 0.15) is 47.7 Å². The van der Waals surface area contributed by atoms with Crippen LogP contribution in [0.15, 0.2) is 66.7 Å². The number of methoxy groups -OCH3 is 1. The minimum absolute atomic E-state index is 0.112. The third-order valence-electron chi connectivity index (χ3n) is 5.67. The summed E-state index contributed by atoms with van der Waals surface area (Å²) >= 11 is 1.51. The van der Waals surface area contributed by atoms with E-state index < -0.39 is 0 Å². The lowest BCUT2D eigenvalue weighted by Crippen LogP contribution is -2.30. The van der Waals surface area contributed by atoms with Crippen molar-refractivity contribution in [3.8, 4) is 11.5 Å². The average Bonchev–Trinajstić information content (AvgIpc) is 3.32. The molecular weight excluding hydrogens is 444 g/mol. The molecule has 0 spiro atoms. The number of rotatable bonds is 10. The minimum atomic E-state index is -0.112. The van der Waals surface area contributed by atoms with E-state index in [2.05, 4.69) is 6.92 Å². The molecule has 4 rings (SSSR count). The largest absolute Gasteiger partial charge is 0.494 e. The fraction of sp³-hybridized carbons (Fsp3) is 0.286. The molecule has 0 aliphatic heterocycles. The van der Waals surface area contributed by atoms with E-state index in [1.807, 2.05) is 73.7 Å². The molecule has 0 saturated carbocycles. The molecule has 0 atom stereocenters. The molecule has 1 heterocycles. The number of unbranched alkanes of at least 4 members (excludes halogenated alkanes) is 2. The van der Waals surface area contributed by atoms with Gasteiger partial charge in [-0.25, -0.2) is 4.98 Å². The van der Waals surface area contributed by atoms with Crippen LogP contribution < -0.4 is 14.4 Å². The first-order valence-electron chi connectivity index (χ1n) is 11.6. The second-order valence-corrected chi connectivity index (χ2v) is 9.20. The van der Waals surface area contributed by atoms with E-state index in [-0.39, 0.29) is 5.91 Å². The van der Waals surface area contributed by atoms with Gasteiger partial charge in [-0.1, -0.05) is 73.6 Å². The maximum Gasteiger partial charge on any atom is 0.260 e. The molecule has 0 saturated heterocycles. The zero-order valence-corrected chi connectivity index (χ0v) is 20.7. The van der Waals surface area contributed by atoms with Crippen molar-refractivity contribution in [2.75, 3.05) is 18.6 Å². The Morgan fingerprint density at radius 1 is 1.03 bits per heavy atom. The first-order chi connectivity index (χ1) is 16.6. The normalized spacial score (nSPS) is 10.9. The summed E-state index contributed by atoms with van der Waals surface area (Å²) in [7, 11) is 1.64. The second-order valence-electron chi connectivity index (χ2n) is 8.22. The zero-order chi connectivity index (χ0) is 23.9. The topological polar surface area (TPSA) is 51.7 Å². The molecule has 5 nitrogen and oxygen atoms in total. The molecule has 3 aromatic carbocycles. The number of hydrogen-bond acceptors (Lipinski definition) is 5. The molecule has 0 bridgehead atoms.